The number of rotatable bonds is 7. The van der Waals surface area contributed by atoms with E-state index in [-0.39, 0.29) is 15.4 Å². The summed E-state index contributed by atoms with van der Waals surface area (Å²) in [6.45, 7) is 5.18. The summed E-state index contributed by atoms with van der Waals surface area (Å²) in [7, 11) is 0. The topological polar surface area (TPSA) is 17.1 Å². The Morgan fingerprint density at radius 3 is 1.83 bits per heavy atom. The summed E-state index contributed by atoms with van der Waals surface area (Å²) in [6.07, 6.45) is -3.38. The highest BCUT2D eigenvalue weighted by molar-refractivity contribution is 9.25. The van der Waals surface area contributed by atoms with Crippen molar-refractivity contribution in [1.82, 2.24) is 0 Å². The largest absolute Gasteiger partial charge is 0.389 e. The lowest BCUT2D eigenvalue weighted by Gasteiger charge is -2.31. The van der Waals surface area contributed by atoms with Crippen LogP contribution in [-0.4, -0.2) is 15.2 Å². The Labute approximate surface area is 123 Å². The molecule has 0 radical (unpaired) electrons. The summed E-state index contributed by atoms with van der Waals surface area (Å²) in [5.74, 6) is 0.0135. The Morgan fingerprint density at radius 1 is 1.06 bits per heavy atom. The van der Waals surface area contributed by atoms with Gasteiger partial charge in [0.2, 0.25) is 0 Å². The summed E-state index contributed by atoms with van der Waals surface area (Å²) >= 11 is 6.82. The van der Waals surface area contributed by atoms with Gasteiger partial charge in [0.15, 0.2) is 0 Å². The number of carbonyl (C=O) groups excluding carboxylic acids is 1. The molecular weight excluding hydrogens is 377 g/mol. The molecule has 0 aromatic heterocycles. The van der Waals surface area contributed by atoms with Crippen molar-refractivity contribution in [3.05, 3.63) is 0 Å². The third-order valence-electron chi connectivity index (χ3n) is 2.99. The van der Waals surface area contributed by atoms with Gasteiger partial charge in [0.1, 0.15) is 5.78 Å². The summed E-state index contributed by atoms with van der Waals surface area (Å²) in [4.78, 5) is 11.7. The molecule has 0 rings (SSSR count). The second kappa shape index (κ2) is 6.73. The number of ketones is 1. The molecule has 0 aromatic carbocycles. The van der Waals surface area contributed by atoms with E-state index in [1.807, 2.05) is 13.8 Å². The summed E-state index contributed by atoms with van der Waals surface area (Å²) in [5.41, 5.74) is -0.590. The predicted octanol–water partition coefficient (Wildman–Crippen LogP) is 5.60. The SMILES string of the molecule is CC(=O)C(C)(CCCCC(F)(F)F)CC(C)(Br)Br. The van der Waals surface area contributed by atoms with Crippen molar-refractivity contribution in [2.75, 3.05) is 0 Å². The van der Waals surface area contributed by atoms with Crippen LogP contribution in [0.3, 0.4) is 0 Å². The van der Waals surface area contributed by atoms with Gasteiger partial charge in [-0.3, -0.25) is 4.79 Å². The van der Waals surface area contributed by atoms with Gasteiger partial charge >= 0.3 is 6.18 Å². The van der Waals surface area contributed by atoms with Crippen molar-refractivity contribution in [3.8, 4) is 0 Å². The van der Waals surface area contributed by atoms with Gasteiger partial charge in [-0.15, -0.1) is 0 Å². The van der Waals surface area contributed by atoms with Gasteiger partial charge in [-0.1, -0.05) is 45.2 Å². The van der Waals surface area contributed by atoms with Gasteiger partial charge in [-0.2, -0.15) is 13.2 Å². The average molecular weight is 396 g/mol. The molecule has 18 heavy (non-hydrogen) atoms. The van der Waals surface area contributed by atoms with Crippen LogP contribution in [0.1, 0.15) is 52.9 Å². The van der Waals surface area contributed by atoms with Crippen LogP contribution in [0.15, 0.2) is 0 Å². The summed E-state index contributed by atoms with van der Waals surface area (Å²) in [5, 5.41) is 0. The van der Waals surface area contributed by atoms with Gasteiger partial charge < -0.3 is 0 Å². The molecule has 0 bridgehead atoms. The lowest BCUT2D eigenvalue weighted by Crippen LogP contribution is -2.31. The lowest BCUT2D eigenvalue weighted by atomic mass is 9.77. The fraction of sp³-hybridized carbons (Fsp3) is 0.917. The van der Waals surface area contributed by atoms with Gasteiger partial charge in [-0.25, -0.2) is 0 Å². The van der Waals surface area contributed by atoms with E-state index in [0.29, 0.717) is 19.3 Å². The van der Waals surface area contributed by atoms with E-state index in [9.17, 15) is 18.0 Å². The summed E-state index contributed by atoms with van der Waals surface area (Å²) < 4.78 is 35.7. The molecule has 1 atom stereocenters. The molecular formula is C12H19Br2F3O. The maximum absolute atomic E-state index is 12.0. The first kappa shape index (κ1) is 18.4. The second-order valence-electron chi connectivity index (χ2n) is 5.19. The van der Waals surface area contributed by atoms with Crippen molar-refractivity contribution in [2.24, 2.45) is 5.41 Å². The number of Topliss-reactive ketones (excluding diaryl/α,β-unsaturated/α-hetero) is 1. The molecule has 0 aliphatic rings. The number of hydrogen-bond donors (Lipinski definition) is 0. The van der Waals surface area contributed by atoms with E-state index in [1.54, 1.807) is 0 Å². The van der Waals surface area contributed by atoms with Crippen LogP contribution in [0.25, 0.3) is 0 Å². The number of halogens is 5. The second-order valence-corrected chi connectivity index (χ2v) is 9.75. The highest BCUT2D eigenvalue weighted by atomic mass is 79.9. The Kier molecular flexibility index (Phi) is 6.89. The molecule has 0 aliphatic carbocycles. The molecule has 0 heterocycles. The normalized spacial score (nSPS) is 16.4. The quantitative estimate of drug-likeness (QED) is 0.405. The minimum atomic E-state index is -4.11. The number of alkyl halides is 5. The van der Waals surface area contributed by atoms with Gasteiger partial charge in [0.25, 0.3) is 0 Å². The van der Waals surface area contributed by atoms with E-state index in [1.165, 1.54) is 6.92 Å². The molecule has 0 aliphatic heterocycles. The van der Waals surface area contributed by atoms with Crippen LogP contribution in [0.5, 0.6) is 0 Å². The number of hydrogen-bond acceptors (Lipinski definition) is 1. The number of carbonyl (C=O) groups is 1. The summed E-state index contributed by atoms with van der Waals surface area (Å²) in [6, 6.07) is 0. The standard InChI is InChI=1S/C12H19Br2F3O/c1-9(18)10(2,8-11(3,13)14)6-4-5-7-12(15,16)17/h4-8H2,1-3H3. The molecule has 6 heteroatoms. The first-order valence-electron chi connectivity index (χ1n) is 5.81. The zero-order valence-corrected chi connectivity index (χ0v) is 14.0. The van der Waals surface area contributed by atoms with E-state index in [0.717, 1.165) is 0 Å². The molecule has 0 N–H and O–H groups in total. The molecule has 1 nitrogen and oxygen atoms in total. The average Bonchev–Trinajstić information content (AvgIpc) is 2.08. The molecule has 0 fully saturated rings. The fourth-order valence-electron chi connectivity index (χ4n) is 1.91. The molecule has 108 valence electrons. The third kappa shape index (κ3) is 8.51. The van der Waals surface area contributed by atoms with E-state index >= 15 is 0 Å². The predicted molar refractivity (Wildman–Crippen MR) is 74.2 cm³/mol. The minimum Gasteiger partial charge on any atom is -0.299 e. The first-order valence-corrected chi connectivity index (χ1v) is 7.40. The Morgan fingerprint density at radius 2 is 1.50 bits per heavy atom. The molecule has 0 saturated carbocycles. The van der Waals surface area contributed by atoms with E-state index < -0.39 is 18.0 Å². The fourth-order valence-corrected chi connectivity index (χ4v) is 3.15. The molecule has 0 aromatic rings. The smallest absolute Gasteiger partial charge is 0.299 e. The van der Waals surface area contributed by atoms with Crippen LogP contribution in [0.2, 0.25) is 0 Å². The van der Waals surface area contributed by atoms with Crippen LogP contribution in [-0.2, 0) is 4.79 Å². The monoisotopic (exact) mass is 394 g/mol. The van der Waals surface area contributed by atoms with Crippen molar-refractivity contribution >= 4 is 37.6 Å². The molecule has 0 spiro atoms. The highest BCUT2D eigenvalue weighted by Gasteiger charge is 2.36. The van der Waals surface area contributed by atoms with Gasteiger partial charge in [-0.05, 0) is 33.1 Å². The highest BCUT2D eigenvalue weighted by Crippen LogP contribution is 2.42. The zero-order chi connectivity index (χ0) is 14.6. The Balaban J connectivity index is 4.34. The van der Waals surface area contributed by atoms with Crippen molar-refractivity contribution < 1.29 is 18.0 Å². The van der Waals surface area contributed by atoms with Crippen molar-refractivity contribution in [1.29, 1.82) is 0 Å². The Hall–Kier alpha value is 0.420. The molecule has 0 amide bonds. The first-order chi connectivity index (χ1) is 7.86. The zero-order valence-electron chi connectivity index (χ0n) is 10.8. The van der Waals surface area contributed by atoms with Gasteiger partial charge in [0, 0.05) is 11.8 Å². The van der Waals surface area contributed by atoms with Crippen LogP contribution < -0.4 is 0 Å². The molecule has 0 saturated heterocycles. The maximum Gasteiger partial charge on any atom is 0.389 e. The van der Waals surface area contributed by atoms with E-state index in [2.05, 4.69) is 31.9 Å². The van der Waals surface area contributed by atoms with Crippen LogP contribution in [0, 0.1) is 5.41 Å². The molecule has 1 unspecified atom stereocenters. The van der Waals surface area contributed by atoms with Crippen LogP contribution >= 0.6 is 31.9 Å². The Bertz CT molecular complexity index is 284. The minimum absolute atomic E-state index is 0.0135. The lowest BCUT2D eigenvalue weighted by molar-refractivity contribution is -0.136. The van der Waals surface area contributed by atoms with Gasteiger partial charge in [0.05, 0.1) is 3.23 Å². The maximum atomic E-state index is 12.0. The van der Waals surface area contributed by atoms with Crippen molar-refractivity contribution in [3.63, 3.8) is 0 Å². The number of unbranched alkanes of at least 4 members (excludes halogenated alkanes) is 1. The third-order valence-corrected chi connectivity index (χ3v) is 3.55. The van der Waals surface area contributed by atoms with Crippen LogP contribution in [0.4, 0.5) is 13.2 Å². The van der Waals surface area contributed by atoms with Crippen molar-refractivity contribution in [2.45, 2.75) is 62.3 Å². The van der Waals surface area contributed by atoms with E-state index in [4.69, 9.17) is 0 Å².